The number of hydrogen-bond acceptors (Lipinski definition) is 5. The summed E-state index contributed by atoms with van der Waals surface area (Å²) in [6.07, 6.45) is 2.75. The first-order valence-electron chi connectivity index (χ1n) is 4.59. The molecule has 1 aliphatic carbocycles. The normalized spacial score (nSPS) is 16.3. The van der Waals surface area contributed by atoms with Crippen molar-refractivity contribution in [3.05, 3.63) is 12.3 Å². The third kappa shape index (κ3) is 1.77. The molecule has 0 aliphatic heterocycles. The van der Waals surface area contributed by atoms with Crippen molar-refractivity contribution in [1.29, 1.82) is 0 Å². The first-order valence-corrected chi connectivity index (χ1v) is 6.13. The van der Waals surface area contributed by atoms with E-state index in [2.05, 4.69) is 4.98 Å². The van der Waals surface area contributed by atoms with Gasteiger partial charge in [0.15, 0.2) is 21.4 Å². The van der Waals surface area contributed by atoms with E-state index >= 15 is 0 Å². The molecular weight excluding hydrogens is 216 g/mol. The van der Waals surface area contributed by atoms with Crippen molar-refractivity contribution < 1.29 is 13.2 Å². The Morgan fingerprint density at radius 2 is 2.20 bits per heavy atom. The van der Waals surface area contributed by atoms with E-state index in [1.807, 2.05) is 0 Å². The number of pyridine rings is 1. The summed E-state index contributed by atoms with van der Waals surface area (Å²) in [4.78, 5) is 3.99. The van der Waals surface area contributed by atoms with Gasteiger partial charge in [-0.1, -0.05) is 0 Å². The maximum atomic E-state index is 11.8. The summed E-state index contributed by atoms with van der Waals surface area (Å²) >= 11 is 0. The van der Waals surface area contributed by atoms with Crippen LogP contribution in [0.15, 0.2) is 17.2 Å². The average Bonchev–Trinajstić information content (AvgIpc) is 3.01. The zero-order valence-corrected chi connectivity index (χ0v) is 9.12. The minimum Gasteiger partial charge on any atom is -0.493 e. The second kappa shape index (κ2) is 3.37. The fourth-order valence-corrected chi connectivity index (χ4v) is 2.94. The van der Waals surface area contributed by atoms with Gasteiger partial charge >= 0.3 is 0 Å². The highest BCUT2D eigenvalue weighted by Gasteiger charge is 2.37. The molecule has 82 valence electrons. The highest BCUT2D eigenvalue weighted by molar-refractivity contribution is 7.92. The molecule has 1 aromatic rings. The molecule has 2 rings (SSSR count). The Balaban J connectivity index is 2.45. The summed E-state index contributed by atoms with van der Waals surface area (Å²) in [7, 11) is -1.78. The molecule has 0 bridgehead atoms. The number of nitrogens with two attached hydrogens (primary N) is 1. The van der Waals surface area contributed by atoms with Gasteiger partial charge in [-0.25, -0.2) is 13.4 Å². The highest BCUT2D eigenvalue weighted by atomic mass is 32.2. The van der Waals surface area contributed by atoms with Crippen LogP contribution in [0.25, 0.3) is 0 Å². The molecule has 1 fully saturated rings. The lowest BCUT2D eigenvalue weighted by Gasteiger charge is -2.06. The zero-order chi connectivity index (χ0) is 11.1. The second-order valence-electron chi connectivity index (χ2n) is 3.50. The van der Waals surface area contributed by atoms with Crippen LogP contribution in [-0.2, 0) is 9.84 Å². The lowest BCUT2D eigenvalue weighted by Crippen LogP contribution is -2.08. The molecule has 0 saturated heterocycles. The average molecular weight is 228 g/mol. The van der Waals surface area contributed by atoms with E-state index in [1.54, 1.807) is 0 Å². The van der Waals surface area contributed by atoms with Crippen molar-refractivity contribution in [2.24, 2.45) is 0 Å². The number of aromatic nitrogens is 1. The van der Waals surface area contributed by atoms with E-state index in [4.69, 9.17) is 10.5 Å². The Morgan fingerprint density at radius 3 is 2.73 bits per heavy atom. The zero-order valence-electron chi connectivity index (χ0n) is 8.30. The van der Waals surface area contributed by atoms with E-state index in [9.17, 15) is 8.42 Å². The number of anilines is 1. The van der Waals surface area contributed by atoms with Crippen LogP contribution in [0.4, 0.5) is 5.82 Å². The maximum absolute atomic E-state index is 11.8. The minimum absolute atomic E-state index is 0.191. The summed E-state index contributed by atoms with van der Waals surface area (Å²) in [6, 6.07) is 1.43. The van der Waals surface area contributed by atoms with Crippen LogP contribution < -0.4 is 10.5 Å². The Morgan fingerprint density at radius 1 is 1.53 bits per heavy atom. The molecule has 0 atom stereocenters. The van der Waals surface area contributed by atoms with E-state index in [0.29, 0.717) is 5.75 Å². The smallest absolute Gasteiger partial charge is 0.182 e. The quantitative estimate of drug-likeness (QED) is 0.819. The number of ether oxygens (including phenoxy) is 1. The molecule has 0 amide bonds. The molecule has 0 spiro atoms. The third-order valence-corrected chi connectivity index (χ3v) is 4.60. The van der Waals surface area contributed by atoms with E-state index in [1.165, 1.54) is 19.4 Å². The Labute approximate surface area is 88.2 Å². The summed E-state index contributed by atoms with van der Waals surface area (Å²) in [5, 5.41) is -0.243. The largest absolute Gasteiger partial charge is 0.493 e. The molecule has 2 N–H and O–H groups in total. The molecule has 0 aromatic carbocycles. The van der Waals surface area contributed by atoms with Gasteiger partial charge < -0.3 is 10.5 Å². The van der Waals surface area contributed by atoms with Crippen LogP contribution in [0.1, 0.15) is 12.8 Å². The molecule has 0 radical (unpaired) electrons. The van der Waals surface area contributed by atoms with Gasteiger partial charge in [0.2, 0.25) is 0 Å². The fourth-order valence-electron chi connectivity index (χ4n) is 1.33. The second-order valence-corrected chi connectivity index (χ2v) is 5.73. The number of hydrogen-bond donors (Lipinski definition) is 1. The van der Waals surface area contributed by atoms with Gasteiger partial charge in [-0.15, -0.1) is 0 Å². The molecular formula is C9H12N2O3S. The van der Waals surface area contributed by atoms with E-state index < -0.39 is 9.84 Å². The van der Waals surface area contributed by atoms with Crippen LogP contribution in [0, 0.1) is 0 Å². The number of nitrogens with zero attached hydrogens (tertiary/aromatic N) is 1. The predicted molar refractivity (Wildman–Crippen MR) is 55.4 cm³/mol. The summed E-state index contributed by atoms with van der Waals surface area (Å²) in [5.74, 6) is 0.504. The number of sulfone groups is 1. The highest BCUT2D eigenvalue weighted by Crippen LogP contribution is 2.34. The van der Waals surface area contributed by atoms with Crippen molar-refractivity contribution in [3.8, 4) is 5.75 Å². The first kappa shape index (κ1) is 10.2. The molecule has 1 heterocycles. The van der Waals surface area contributed by atoms with Crippen molar-refractivity contribution in [3.63, 3.8) is 0 Å². The minimum atomic E-state index is -3.21. The topological polar surface area (TPSA) is 82.3 Å². The van der Waals surface area contributed by atoms with Crippen molar-refractivity contribution >= 4 is 15.7 Å². The van der Waals surface area contributed by atoms with Crippen LogP contribution in [0.3, 0.4) is 0 Å². The monoisotopic (exact) mass is 228 g/mol. The molecule has 1 saturated carbocycles. The van der Waals surface area contributed by atoms with Crippen LogP contribution >= 0.6 is 0 Å². The lowest BCUT2D eigenvalue weighted by molar-refractivity contribution is 0.414. The molecule has 5 nitrogen and oxygen atoms in total. The number of rotatable bonds is 3. The van der Waals surface area contributed by atoms with Crippen LogP contribution in [0.5, 0.6) is 5.75 Å². The SMILES string of the molecule is COc1cc(S(=O)(=O)C2CC2)cnc1N. The van der Waals surface area contributed by atoms with E-state index in [0.717, 1.165) is 12.8 Å². The van der Waals surface area contributed by atoms with Crippen LogP contribution in [-0.4, -0.2) is 25.8 Å². The van der Waals surface area contributed by atoms with Crippen molar-refractivity contribution in [2.45, 2.75) is 23.0 Å². The third-order valence-electron chi connectivity index (χ3n) is 2.37. The van der Waals surface area contributed by atoms with Gasteiger partial charge in [0.05, 0.1) is 17.3 Å². The van der Waals surface area contributed by atoms with Crippen LogP contribution in [0.2, 0.25) is 0 Å². The molecule has 1 aromatic heterocycles. The first-order chi connectivity index (χ1) is 7.05. The number of methoxy groups -OCH3 is 1. The van der Waals surface area contributed by atoms with Gasteiger partial charge in [0, 0.05) is 12.3 Å². The van der Waals surface area contributed by atoms with Gasteiger partial charge in [-0.2, -0.15) is 0 Å². The van der Waals surface area contributed by atoms with Crippen molar-refractivity contribution in [1.82, 2.24) is 4.98 Å². The Kier molecular flexibility index (Phi) is 2.30. The summed E-state index contributed by atoms with van der Waals surface area (Å²) in [6.45, 7) is 0. The van der Waals surface area contributed by atoms with Gasteiger partial charge in [-0.05, 0) is 12.8 Å². The molecule has 15 heavy (non-hydrogen) atoms. The van der Waals surface area contributed by atoms with E-state index in [-0.39, 0.29) is 16.0 Å². The van der Waals surface area contributed by atoms with Gasteiger partial charge in [0.25, 0.3) is 0 Å². The fraction of sp³-hybridized carbons (Fsp3) is 0.444. The lowest BCUT2D eigenvalue weighted by atomic mass is 10.4. The standard InChI is InChI=1S/C9H12N2O3S/c1-14-8-4-7(5-11-9(8)10)15(12,13)6-2-3-6/h4-6H,2-3H2,1H3,(H2,10,11). The number of nitrogen functional groups attached to an aromatic ring is 1. The van der Waals surface area contributed by atoms with Crippen molar-refractivity contribution in [2.75, 3.05) is 12.8 Å². The Bertz CT molecular complexity index is 480. The molecule has 1 aliphatic rings. The van der Waals surface area contributed by atoms with Gasteiger partial charge in [0.1, 0.15) is 0 Å². The Hall–Kier alpha value is -1.30. The maximum Gasteiger partial charge on any atom is 0.182 e. The summed E-state index contributed by atoms with van der Waals surface area (Å²) < 4.78 is 28.6. The summed E-state index contributed by atoms with van der Waals surface area (Å²) in [5.41, 5.74) is 5.50. The predicted octanol–water partition coefficient (Wildman–Crippen LogP) is 0.608. The molecule has 0 unspecified atom stereocenters. The molecule has 6 heteroatoms. The van der Waals surface area contributed by atoms with Gasteiger partial charge in [-0.3, -0.25) is 0 Å².